The first-order valence-corrected chi connectivity index (χ1v) is 23.0. The average Bonchev–Trinajstić information content (AvgIpc) is 3.23. The lowest BCUT2D eigenvalue weighted by molar-refractivity contribution is -0.304. The lowest BCUT2D eigenvalue weighted by Crippen LogP contribution is -2.59. The molecule has 0 aromatic heterocycles. The first kappa shape index (κ1) is 56.9. The fourth-order valence-corrected chi connectivity index (χ4v) is 7.88. The van der Waals surface area contributed by atoms with E-state index in [1.165, 1.54) is 0 Å². The largest absolute Gasteiger partial charge is 0.462 e. The summed E-state index contributed by atoms with van der Waals surface area (Å²) in [6, 6.07) is -1.10. The zero-order valence-electron chi connectivity index (χ0n) is 38.3. The van der Waals surface area contributed by atoms with Gasteiger partial charge in [0, 0.05) is 44.6 Å². The quantitative estimate of drug-likeness (QED) is 0.167. The van der Waals surface area contributed by atoms with Crippen LogP contribution in [0.3, 0.4) is 0 Å². The molecule has 18 nitrogen and oxygen atoms in total. The number of allylic oxidation sites excluding steroid dienone is 12. The van der Waals surface area contributed by atoms with Crippen molar-refractivity contribution in [3.8, 4) is 0 Å². The summed E-state index contributed by atoms with van der Waals surface area (Å²) in [5, 5.41) is 111. The minimum Gasteiger partial charge on any atom is -0.462 e. The van der Waals surface area contributed by atoms with Gasteiger partial charge < -0.3 is 81.1 Å². The highest BCUT2D eigenvalue weighted by Crippen LogP contribution is 2.38. The summed E-state index contributed by atoms with van der Waals surface area (Å²) in [6.45, 7) is 5.36. The van der Waals surface area contributed by atoms with Gasteiger partial charge in [0.2, 0.25) is 5.91 Å². The molecule has 0 spiro atoms. The van der Waals surface area contributed by atoms with E-state index < -0.39 is 135 Å². The van der Waals surface area contributed by atoms with Gasteiger partial charge in [-0.05, 0) is 32.6 Å². The molecule has 17 atom stereocenters. The smallest absolute Gasteiger partial charge is 0.308 e. The molecule has 0 radical (unpaired) electrons. The molecule has 18 heteroatoms. The summed E-state index contributed by atoms with van der Waals surface area (Å²) in [5.74, 6) is -4.99. The third-order valence-electron chi connectivity index (χ3n) is 11.6. The number of fused-ring (bicyclic) bond motifs is 2. The Balaban J connectivity index is 1.88. The van der Waals surface area contributed by atoms with E-state index in [0.29, 0.717) is 6.42 Å². The first-order valence-electron chi connectivity index (χ1n) is 23.0. The van der Waals surface area contributed by atoms with E-state index in [0.717, 1.165) is 0 Å². The lowest BCUT2D eigenvalue weighted by atomic mass is 9.82. The monoisotopic (exact) mass is 937 g/mol. The summed E-state index contributed by atoms with van der Waals surface area (Å²) in [4.78, 5) is 26.0. The minimum absolute atomic E-state index is 0.0843. The Labute approximate surface area is 388 Å². The van der Waals surface area contributed by atoms with Crippen LogP contribution in [0, 0.1) is 11.8 Å². The fraction of sp³-hybridized carbons (Fsp3) is 0.667. The van der Waals surface area contributed by atoms with Gasteiger partial charge in [0.15, 0.2) is 12.1 Å². The van der Waals surface area contributed by atoms with E-state index in [4.69, 9.17) is 24.7 Å². The molecule has 2 saturated heterocycles. The van der Waals surface area contributed by atoms with Gasteiger partial charge in [0.05, 0.1) is 86.0 Å². The maximum Gasteiger partial charge on any atom is 0.308 e. The predicted molar refractivity (Wildman–Crippen MR) is 244 cm³/mol. The number of carbonyl (C=O) groups excluding carboxylic acids is 2. The number of nitrogens with one attached hydrogen (secondary N) is 1. The van der Waals surface area contributed by atoms with Crippen molar-refractivity contribution in [3.63, 3.8) is 0 Å². The zero-order chi connectivity index (χ0) is 48.8. The van der Waals surface area contributed by atoms with Gasteiger partial charge >= 0.3 is 5.97 Å². The standard InChI is InChI=1S/C48H76N2O16/c1-4-21-50-46(61)43-39(57)28-48(62)27-34(53)24-38(56)36(54)20-19-32(51)23-33(52)25-42(59)64-31(3)22-37(55)30(2)17-15-13-11-9-7-5-6-8-10-12-14-16-18-35(26-41(43)66-48)65-47-45(60)44(49)40(58)29-63-47/h5-18,30-41,43-45,47,51-58,60,62H,4,19-29,49H2,1-3H3,(H,50,61)/b6-5+,9-7+,10-8+,13-11+,14-12+,17-15+,18-16+/t30-,31-,32?,33?,34?,35?,36?,37-,38?,39-,40+,41-,43?,44-,45-,47-,48?/m0/s1. The highest BCUT2D eigenvalue weighted by atomic mass is 16.7. The van der Waals surface area contributed by atoms with Crippen LogP contribution in [0.1, 0.15) is 85.0 Å². The zero-order valence-corrected chi connectivity index (χ0v) is 38.3. The summed E-state index contributed by atoms with van der Waals surface area (Å²) in [5.41, 5.74) is 5.99. The number of nitrogens with two attached hydrogens (primary N) is 1. The van der Waals surface area contributed by atoms with Gasteiger partial charge in [-0.2, -0.15) is 0 Å². The van der Waals surface area contributed by atoms with E-state index in [-0.39, 0.29) is 51.2 Å². The van der Waals surface area contributed by atoms with Crippen LogP contribution < -0.4 is 11.1 Å². The van der Waals surface area contributed by atoms with Crippen molar-refractivity contribution in [2.24, 2.45) is 17.6 Å². The second-order valence-electron chi connectivity index (χ2n) is 17.6. The maximum atomic E-state index is 13.5. The average molecular weight is 937 g/mol. The SMILES string of the molecule is CCCNC(=O)C1[C@@H]2CC(O[C@@H]3OC[C@@H](O)[C@H](N)[C@@H]3O)/C=C/C=C/C=C/C=C/C=C/C=C/C=C/[C@H](C)[C@@H](O)C[C@H](C)OC(=O)CC(O)CC(O)CCC(O)C(O)CC(O)CC(O)(C[C@@H]1O)O2. The molecule has 1 amide bonds. The molecular weight excluding hydrogens is 861 g/mol. The van der Waals surface area contributed by atoms with Crippen molar-refractivity contribution in [2.45, 2.75) is 176 Å². The minimum atomic E-state index is -2.24. The molecule has 3 rings (SSSR count). The number of aliphatic hydroxyl groups is 10. The van der Waals surface area contributed by atoms with Gasteiger partial charge in [-0.25, -0.2) is 0 Å². The summed E-state index contributed by atoms with van der Waals surface area (Å²) in [6.07, 6.45) is 6.83. The number of amides is 1. The van der Waals surface area contributed by atoms with Gasteiger partial charge in [-0.15, -0.1) is 0 Å². The lowest BCUT2D eigenvalue weighted by Gasteiger charge is -2.45. The molecule has 0 aromatic carbocycles. The Kier molecular flexibility index (Phi) is 25.4. The number of hydrogen-bond donors (Lipinski definition) is 12. The van der Waals surface area contributed by atoms with Gasteiger partial charge in [-0.1, -0.05) is 98.9 Å². The van der Waals surface area contributed by atoms with E-state index in [1.54, 1.807) is 55.5 Å². The molecule has 3 aliphatic rings. The molecule has 66 heavy (non-hydrogen) atoms. The number of ether oxygens (including phenoxy) is 4. The topological polar surface area (TPSA) is 311 Å². The van der Waals surface area contributed by atoms with Gasteiger partial charge in [0.1, 0.15) is 12.2 Å². The Hall–Kier alpha value is -3.44. The van der Waals surface area contributed by atoms with Gasteiger partial charge in [0.25, 0.3) is 0 Å². The molecular formula is C48H76N2O16. The normalized spacial score (nSPS) is 42.7. The second kappa shape index (κ2) is 29.4. The highest BCUT2D eigenvalue weighted by molar-refractivity contribution is 5.80. The third kappa shape index (κ3) is 20.4. The van der Waals surface area contributed by atoms with Crippen LogP contribution in [0.2, 0.25) is 0 Å². The molecule has 374 valence electrons. The number of carbonyl (C=O) groups is 2. The predicted octanol–water partition coefficient (Wildman–Crippen LogP) is 0.519. The third-order valence-corrected chi connectivity index (χ3v) is 11.6. The number of cyclic esters (lactones) is 1. The van der Waals surface area contributed by atoms with Crippen LogP contribution in [-0.2, 0) is 28.5 Å². The summed E-state index contributed by atoms with van der Waals surface area (Å²) >= 11 is 0. The molecule has 0 aliphatic carbocycles. The number of esters is 1. The number of aliphatic hydroxyl groups excluding tert-OH is 9. The highest BCUT2D eigenvalue weighted by Gasteiger charge is 2.50. The van der Waals surface area contributed by atoms with E-state index in [9.17, 15) is 60.7 Å². The Morgan fingerprint density at radius 2 is 1.33 bits per heavy atom. The van der Waals surface area contributed by atoms with Crippen LogP contribution in [0.4, 0.5) is 0 Å². The van der Waals surface area contributed by atoms with Crippen molar-refractivity contribution in [3.05, 3.63) is 85.1 Å². The summed E-state index contributed by atoms with van der Waals surface area (Å²) in [7, 11) is 0. The van der Waals surface area contributed by atoms with Crippen molar-refractivity contribution >= 4 is 11.9 Å². The molecule has 3 aliphatic heterocycles. The van der Waals surface area contributed by atoms with Crippen LogP contribution in [0.15, 0.2) is 85.1 Å². The number of hydrogen-bond acceptors (Lipinski definition) is 17. The van der Waals surface area contributed by atoms with Crippen LogP contribution in [0.25, 0.3) is 0 Å². The molecule has 13 N–H and O–H groups in total. The van der Waals surface area contributed by atoms with Crippen LogP contribution in [-0.4, -0.2) is 167 Å². The molecule has 0 saturated carbocycles. The molecule has 2 bridgehead atoms. The Bertz CT molecular complexity index is 1650. The van der Waals surface area contributed by atoms with Crippen molar-refractivity contribution in [2.75, 3.05) is 13.2 Å². The molecule has 8 unspecified atom stereocenters. The van der Waals surface area contributed by atoms with Crippen LogP contribution in [0.5, 0.6) is 0 Å². The first-order chi connectivity index (χ1) is 31.3. The van der Waals surface area contributed by atoms with Crippen molar-refractivity contribution in [1.29, 1.82) is 0 Å². The Morgan fingerprint density at radius 3 is 1.95 bits per heavy atom. The van der Waals surface area contributed by atoms with Crippen molar-refractivity contribution in [1.82, 2.24) is 5.32 Å². The number of rotatable bonds is 5. The fourth-order valence-electron chi connectivity index (χ4n) is 7.88. The maximum absolute atomic E-state index is 13.5. The molecule has 3 heterocycles. The second-order valence-corrected chi connectivity index (χ2v) is 17.6. The van der Waals surface area contributed by atoms with E-state index in [1.807, 2.05) is 50.3 Å². The van der Waals surface area contributed by atoms with Crippen molar-refractivity contribution < 1.29 is 79.6 Å². The van der Waals surface area contributed by atoms with E-state index >= 15 is 0 Å². The van der Waals surface area contributed by atoms with Gasteiger partial charge in [-0.3, -0.25) is 9.59 Å². The molecule has 0 aromatic rings. The molecule has 2 fully saturated rings. The summed E-state index contributed by atoms with van der Waals surface area (Å²) < 4.78 is 23.2. The Morgan fingerprint density at radius 1 is 0.727 bits per heavy atom. The van der Waals surface area contributed by atoms with E-state index in [2.05, 4.69) is 5.32 Å². The van der Waals surface area contributed by atoms with Crippen LogP contribution >= 0.6 is 0 Å².